The summed E-state index contributed by atoms with van der Waals surface area (Å²) in [5.74, 6) is -1.90. The average Bonchev–Trinajstić information content (AvgIpc) is 3.03. The predicted molar refractivity (Wildman–Crippen MR) is 106 cm³/mol. The van der Waals surface area contributed by atoms with Crippen LogP contribution < -0.4 is 4.90 Å². The largest absolute Gasteiger partial charge is 0.416 e. The summed E-state index contributed by atoms with van der Waals surface area (Å²) in [6.45, 7) is 0.716. The molecule has 1 aliphatic rings. The van der Waals surface area contributed by atoms with Crippen molar-refractivity contribution in [2.45, 2.75) is 38.2 Å². The normalized spacial score (nSPS) is 17.7. The fourth-order valence-electron chi connectivity index (χ4n) is 3.41. The third-order valence-corrected chi connectivity index (χ3v) is 5.17. The Morgan fingerprint density at radius 3 is 2.66 bits per heavy atom. The van der Waals surface area contributed by atoms with Crippen LogP contribution in [0.25, 0.3) is 0 Å². The van der Waals surface area contributed by atoms with Crippen molar-refractivity contribution in [3.63, 3.8) is 0 Å². The summed E-state index contributed by atoms with van der Waals surface area (Å²) in [5, 5.41) is 0.00648. The molecule has 0 unspecified atom stereocenters. The van der Waals surface area contributed by atoms with E-state index in [1.54, 1.807) is 6.92 Å². The molecule has 3 heterocycles. The molecule has 2 atom stereocenters. The summed E-state index contributed by atoms with van der Waals surface area (Å²) in [6, 6.07) is 0.554. The first kappa shape index (κ1) is 23.8. The van der Waals surface area contributed by atoms with Gasteiger partial charge in [0.2, 0.25) is 0 Å². The van der Waals surface area contributed by atoms with Crippen LogP contribution in [-0.2, 0) is 17.4 Å². The number of anilines is 1. The van der Waals surface area contributed by atoms with Crippen LogP contribution in [0.1, 0.15) is 24.6 Å². The zero-order valence-electron chi connectivity index (χ0n) is 16.7. The number of Topliss-reactive ketones (excluding diaryl/α,β-unsaturated/α-hetero) is 1. The highest BCUT2D eigenvalue weighted by Crippen LogP contribution is 2.30. The van der Waals surface area contributed by atoms with Gasteiger partial charge in [-0.3, -0.25) is 14.7 Å². The maximum absolute atomic E-state index is 14.6. The number of hydrogen-bond acceptors (Lipinski definition) is 4. The van der Waals surface area contributed by atoms with Crippen molar-refractivity contribution in [1.29, 1.82) is 0 Å². The first-order chi connectivity index (χ1) is 15.0. The lowest BCUT2D eigenvalue weighted by atomic mass is 10.1. The van der Waals surface area contributed by atoms with E-state index < -0.39 is 54.6 Å². The van der Waals surface area contributed by atoms with E-state index in [0.717, 1.165) is 40.4 Å². The number of alkyl halides is 4. The minimum atomic E-state index is -4.60. The molecule has 2 amide bonds. The first-order valence-electron chi connectivity index (χ1n) is 9.58. The van der Waals surface area contributed by atoms with E-state index >= 15 is 0 Å². The Balaban J connectivity index is 1.80. The number of rotatable bonds is 7. The molecule has 172 valence electrons. The number of carbonyl (C=O) groups is 2. The second-order valence-electron chi connectivity index (χ2n) is 7.22. The summed E-state index contributed by atoms with van der Waals surface area (Å²) in [4.78, 5) is 34.8. The van der Waals surface area contributed by atoms with Gasteiger partial charge in [-0.05, 0) is 24.6 Å². The maximum Gasteiger partial charge on any atom is 0.416 e. The highest BCUT2D eigenvalue weighted by molar-refractivity contribution is 6.30. The number of urea groups is 1. The minimum absolute atomic E-state index is 0.00648. The standard InChI is InChI=1S/C20H18ClF5N4O2/c1-2-15(22)17-10-30(18-16(23)6-12(21)8-28-18)19(32)29(17)9-14(31)7-13-5-11(3-4-27-13)20(24,25)26/h3-6,8,15,17H,2,7,9-10H2,1H3/t15-,17+/m0/s1. The quantitative estimate of drug-likeness (QED) is 0.553. The molecule has 0 spiro atoms. The number of nitrogens with zero attached hydrogens (tertiary/aromatic N) is 4. The van der Waals surface area contributed by atoms with Gasteiger partial charge in [0.15, 0.2) is 17.4 Å². The summed E-state index contributed by atoms with van der Waals surface area (Å²) in [7, 11) is 0. The molecule has 0 aromatic carbocycles. The topological polar surface area (TPSA) is 66.4 Å². The van der Waals surface area contributed by atoms with Crippen LogP contribution in [0.2, 0.25) is 5.02 Å². The highest BCUT2D eigenvalue weighted by Gasteiger charge is 2.44. The van der Waals surface area contributed by atoms with Crippen molar-refractivity contribution in [3.05, 3.63) is 52.7 Å². The van der Waals surface area contributed by atoms with Crippen LogP contribution in [-0.4, -0.2) is 52.0 Å². The molecule has 12 heteroatoms. The Kier molecular flexibility index (Phi) is 6.97. The van der Waals surface area contributed by atoms with Gasteiger partial charge in [0.05, 0.1) is 36.1 Å². The number of amides is 2. The van der Waals surface area contributed by atoms with Gasteiger partial charge in [-0.15, -0.1) is 0 Å². The number of aromatic nitrogens is 2. The third kappa shape index (κ3) is 5.14. The van der Waals surface area contributed by atoms with Gasteiger partial charge >= 0.3 is 12.2 Å². The van der Waals surface area contributed by atoms with Gasteiger partial charge in [-0.2, -0.15) is 13.2 Å². The minimum Gasteiger partial charge on any atom is -0.309 e. The first-order valence-corrected chi connectivity index (χ1v) is 9.96. The molecule has 1 fully saturated rings. The van der Waals surface area contributed by atoms with E-state index in [2.05, 4.69) is 9.97 Å². The smallest absolute Gasteiger partial charge is 0.309 e. The second-order valence-corrected chi connectivity index (χ2v) is 7.66. The van der Waals surface area contributed by atoms with Gasteiger partial charge in [-0.25, -0.2) is 18.6 Å². The Labute approximate surface area is 185 Å². The summed E-state index contributed by atoms with van der Waals surface area (Å²) >= 11 is 5.68. The van der Waals surface area contributed by atoms with Crippen LogP contribution in [0, 0.1) is 5.82 Å². The number of pyridine rings is 2. The Morgan fingerprint density at radius 2 is 2.03 bits per heavy atom. The van der Waals surface area contributed by atoms with Crippen LogP contribution in [0.15, 0.2) is 30.6 Å². The van der Waals surface area contributed by atoms with Crippen molar-refractivity contribution in [2.24, 2.45) is 0 Å². The van der Waals surface area contributed by atoms with Crippen molar-refractivity contribution in [2.75, 3.05) is 18.0 Å². The lowest BCUT2D eigenvalue weighted by Gasteiger charge is -2.24. The number of ketones is 1. The molecule has 0 saturated carbocycles. The van der Waals surface area contributed by atoms with Gasteiger partial charge < -0.3 is 4.90 Å². The molecule has 0 radical (unpaired) electrons. The molecule has 0 N–H and O–H groups in total. The predicted octanol–water partition coefficient (Wildman–Crippen LogP) is 4.46. The Hall–Kier alpha value is -2.82. The zero-order chi connectivity index (χ0) is 23.6. The van der Waals surface area contributed by atoms with E-state index in [4.69, 9.17) is 11.6 Å². The van der Waals surface area contributed by atoms with Crippen LogP contribution in [0.4, 0.5) is 32.6 Å². The second kappa shape index (κ2) is 9.35. The average molecular weight is 477 g/mol. The highest BCUT2D eigenvalue weighted by atomic mass is 35.5. The van der Waals surface area contributed by atoms with Gasteiger partial charge in [0.1, 0.15) is 6.17 Å². The summed E-state index contributed by atoms with van der Waals surface area (Å²) in [5.41, 5.74) is -1.10. The van der Waals surface area contributed by atoms with E-state index in [0.29, 0.717) is 0 Å². The summed E-state index contributed by atoms with van der Waals surface area (Å²) < 4.78 is 67.5. The third-order valence-electron chi connectivity index (χ3n) is 4.97. The Bertz CT molecular complexity index is 1020. The molecule has 1 saturated heterocycles. The monoisotopic (exact) mass is 476 g/mol. The molecule has 0 bridgehead atoms. The molecular weight excluding hydrogens is 459 g/mol. The van der Waals surface area contributed by atoms with Crippen molar-refractivity contribution in [1.82, 2.24) is 14.9 Å². The van der Waals surface area contributed by atoms with Gasteiger partial charge in [-0.1, -0.05) is 18.5 Å². The van der Waals surface area contributed by atoms with Crippen molar-refractivity contribution < 1.29 is 31.5 Å². The molecule has 2 aromatic heterocycles. The fourth-order valence-corrected chi connectivity index (χ4v) is 3.55. The van der Waals surface area contributed by atoms with Crippen LogP contribution in [0.3, 0.4) is 0 Å². The summed E-state index contributed by atoms with van der Waals surface area (Å²) in [6.07, 6.45) is -4.52. The Morgan fingerprint density at radius 1 is 1.31 bits per heavy atom. The molecule has 32 heavy (non-hydrogen) atoms. The molecule has 6 nitrogen and oxygen atoms in total. The molecule has 3 rings (SSSR count). The lowest BCUT2D eigenvalue weighted by molar-refractivity contribution is -0.137. The van der Waals surface area contributed by atoms with Gasteiger partial charge in [0, 0.05) is 18.1 Å². The SMILES string of the molecule is CC[C@H](F)[C@H]1CN(c2ncc(Cl)cc2F)C(=O)N1CC(=O)Cc1cc(C(F)(F)F)ccn1. The van der Waals surface area contributed by atoms with E-state index in [1.807, 2.05) is 0 Å². The van der Waals surface area contributed by atoms with E-state index in [1.165, 1.54) is 0 Å². The van der Waals surface area contributed by atoms with Gasteiger partial charge in [0.25, 0.3) is 0 Å². The van der Waals surface area contributed by atoms with Crippen molar-refractivity contribution in [3.8, 4) is 0 Å². The van der Waals surface area contributed by atoms with Crippen LogP contribution in [0.5, 0.6) is 0 Å². The van der Waals surface area contributed by atoms with E-state index in [9.17, 15) is 31.5 Å². The molecular formula is C20H18ClF5N4O2. The number of hydrogen-bond donors (Lipinski definition) is 0. The molecule has 1 aliphatic heterocycles. The zero-order valence-corrected chi connectivity index (χ0v) is 17.5. The number of carbonyl (C=O) groups excluding carboxylic acids is 2. The van der Waals surface area contributed by atoms with Crippen LogP contribution >= 0.6 is 11.6 Å². The van der Waals surface area contributed by atoms with Crippen molar-refractivity contribution >= 4 is 29.2 Å². The fraction of sp³-hybridized carbons (Fsp3) is 0.400. The van der Waals surface area contributed by atoms with E-state index in [-0.39, 0.29) is 29.5 Å². The number of halogens is 6. The molecule has 0 aliphatic carbocycles. The lowest BCUT2D eigenvalue weighted by Crippen LogP contribution is -2.43. The maximum atomic E-state index is 14.6. The molecule has 2 aromatic rings.